The lowest BCUT2D eigenvalue weighted by Gasteiger charge is -2.27. The molecule has 0 fully saturated rings. The third kappa shape index (κ3) is 4.84. The van der Waals surface area contributed by atoms with Gasteiger partial charge in [-0.3, -0.25) is 9.36 Å². The van der Waals surface area contributed by atoms with Crippen molar-refractivity contribution in [3.05, 3.63) is 90.6 Å². The molecule has 9 nitrogen and oxygen atoms in total. The van der Waals surface area contributed by atoms with E-state index >= 15 is 0 Å². The Labute approximate surface area is 240 Å². The van der Waals surface area contributed by atoms with Crippen LogP contribution in [0.3, 0.4) is 0 Å². The molecule has 212 valence electrons. The van der Waals surface area contributed by atoms with Gasteiger partial charge in [0.1, 0.15) is 11.8 Å². The van der Waals surface area contributed by atoms with Gasteiger partial charge >= 0.3 is 5.97 Å². The van der Waals surface area contributed by atoms with Crippen LogP contribution in [0.2, 0.25) is 0 Å². The fourth-order valence-corrected chi connectivity index (χ4v) is 6.18. The van der Waals surface area contributed by atoms with Gasteiger partial charge in [-0.25, -0.2) is 9.79 Å². The van der Waals surface area contributed by atoms with E-state index in [0.717, 1.165) is 10.8 Å². The lowest BCUT2D eigenvalue weighted by atomic mass is 9.90. The molecular formula is C31H30N2O7S. The second kappa shape index (κ2) is 11.5. The van der Waals surface area contributed by atoms with Gasteiger partial charge < -0.3 is 23.7 Å². The zero-order valence-electron chi connectivity index (χ0n) is 23.6. The van der Waals surface area contributed by atoms with Crippen molar-refractivity contribution in [1.29, 1.82) is 0 Å². The van der Waals surface area contributed by atoms with Crippen LogP contribution >= 0.6 is 11.3 Å². The molecule has 1 aromatic heterocycles. The van der Waals surface area contributed by atoms with Crippen LogP contribution < -0.4 is 33.8 Å². The molecule has 41 heavy (non-hydrogen) atoms. The monoisotopic (exact) mass is 574 g/mol. The van der Waals surface area contributed by atoms with Crippen LogP contribution in [-0.4, -0.2) is 45.6 Å². The van der Waals surface area contributed by atoms with Gasteiger partial charge in [0, 0.05) is 5.56 Å². The van der Waals surface area contributed by atoms with Crippen molar-refractivity contribution < 1.29 is 28.5 Å². The van der Waals surface area contributed by atoms with Crippen LogP contribution in [0, 0.1) is 0 Å². The Morgan fingerprint density at radius 3 is 2.29 bits per heavy atom. The van der Waals surface area contributed by atoms with Gasteiger partial charge in [-0.2, -0.15) is 0 Å². The first-order chi connectivity index (χ1) is 19.9. The van der Waals surface area contributed by atoms with Crippen LogP contribution in [-0.2, 0) is 9.53 Å². The third-order valence-corrected chi connectivity index (χ3v) is 7.91. The van der Waals surface area contributed by atoms with Crippen molar-refractivity contribution >= 4 is 34.2 Å². The zero-order chi connectivity index (χ0) is 29.3. The largest absolute Gasteiger partial charge is 0.496 e. The normalized spacial score (nSPS) is 14.9. The molecule has 0 saturated heterocycles. The number of hydrogen-bond acceptors (Lipinski definition) is 9. The molecule has 1 aliphatic heterocycles. The van der Waals surface area contributed by atoms with Crippen molar-refractivity contribution in [2.24, 2.45) is 4.99 Å². The van der Waals surface area contributed by atoms with E-state index in [2.05, 4.69) is 4.99 Å². The molecule has 0 amide bonds. The Kier molecular flexibility index (Phi) is 7.85. The molecule has 0 unspecified atom stereocenters. The van der Waals surface area contributed by atoms with Crippen LogP contribution in [0.4, 0.5) is 0 Å². The maximum absolute atomic E-state index is 14.2. The lowest BCUT2D eigenvalue weighted by Crippen LogP contribution is -2.40. The first kappa shape index (κ1) is 28.0. The molecule has 1 atom stereocenters. The maximum atomic E-state index is 14.2. The number of nitrogens with zero attached hydrogens (tertiary/aromatic N) is 2. The van der Waals surface area contributed by atoms with Crippen molar-refractivity contribution in [3.63, 3.8) is 0 Å². The number of aromatic nitrogens is 1. The van der Waals surface area contributed by atoms with Crippen molar-refractivity contribution in [2.45, 2.75) is 19.9 Å². The number of methoxy groups -OCH3 is 4. The van der Waals surface area contributed by atoms with Crippen molar-refractivity contribution in [3.8, 4) is 23.0 Å². The van der Waals surface area contributed by atoms with Gasteiger partial charge in [0.05, 0.1) is 50.8 Å². The highest BCUT2D eigenvalue weighted by Gasteiger charge is 2.36. The van der Waals surface area contributed by atoms with Crippen molar-refractivity contribution in [2.75, 3.05) is 35.0 Å². The summed E-state index contributed by atoms with van der Waals surface area (Å²) in [5, 5.41) is 1.80. The Morgan fingerprint density at radius 2 is 1.66 bits per heavy atom. The van der Waals surface area contributed by atoms with E-state index in [1.54, 1.807) is 43.7 Å². The van der Waals surface area contributed by atoms with Gasteiger partial charge in [0.15, 0.2) is 16.3 Å². The first-order valence-electron chi connectivity index (χ1n) is 12.9. The summed E-state index contributed by atoms with van der Waals surface area (Å²) in [5.41, 5.74) is 1.81. The van der Waals surface area contributed by atoms with Crippen molar-refractivity contribution in [1.82, 2.24) is 4.57 Å². The standard InChI is InChI=1S/C31H30N2O7S/c1-7-40-30(35)25-17(2)32-31-33(27(25)26-20-11-9-8-10-19(20)12-13-21(26)36-3)29(34)24(41-31)16-18-14-22(37-4)28(39-6)23(15-18)38-5/h8-16,27H,7H2,1-6H3/b24-16+/t27-/m1/s1. The Morgan fingerprint density at radius 1 is 0.976 bits per heavy atom. The molecule has 2 heterocycles. The van der Waals surface area contributed by atoms with Gasteiger partial charge in [0.25, 0.3) is 5.56 Å². The number of esters is 1. The number of thiazole rings is 1. The fraction of sp³-hybridized carbons (Fsp3) is 0.258. The van der Waals surface area contributed by atoms with E-state index in [9.17, 15) is 9.59 Å². The smallest absolute Gasteiger partial charge is 0.338 e. The topological polar surface area (TPSA) is 97.6 Å². The average Bonchev–Trinajstić information content (AvgIpc) is 3.28. The summed E-state index contributed by atoms with van der Waals surface area (Å²) >= 11 is 1.23. The van der Waals surface area contributed by atoms with Gasteiger partial charge in [-0.15, -0.1) is 0 Å². The highest BCUT2D eigenvalue weighted by atomic mass is 32.1. The molecule has 0 radical (unpaired) electrons. The summed E-state index contributed by atoms with van der Waals surface area (Å²) in [6.07, 6.45) is 1.75. The van der Waals surface area contributed by atoms with E-state index in [1.165, 1.54) is 32.7 Å². The highest BCUT2D eigenvalue weighted by molar-refractivity contribution is 7.07. The number of carbonyl (C=O) groups is 1. The number of ether oxygens (including phenoxy) is 5. The number of carbonyl (C=O) groups excluding carboxylic acids is 1. The summed E-state index contributed by atoms with van der Waals surface area (Å²) < 4.78 is 29.6. The van der Waals surface area contributed by atoms with Crippen LogP contribution in [0.25, 0.3) is 16.8 Å². The number of rotatable bonds is 8. The van der Waals surface area contributed by atoms with E-state index in [1.807, 2.05) is 36.4 Å². The molecular weight excluding hydrogens is 544 g/mol. The minimum Gasteiger partial charge on any atom is -0.496 e. The Balaban J connectivity index is 1.82. The molecule has 0 bridgehead atoms. The first-order valence-corrected chi connectivity index (χ1v) is 13.7. The second-order valence-corrected chi connectivity index (χ2v) is 10.2. The number of benzene rings is 3. The minimum absolute atomic E-state index is 0.181. The molecule has 0 N–H and O–H groups in total. The molecule has 0 aliphatic carbocycles. The predicted octanol–water partition coefficient (Wildman–Crippen LogP) is 3.99. The predicted molar refractivity (Wildman–Crippen MR) is 157 cm³/mol. The molecule has 4 aromatic rings. The van der Waals surface area contributed by atoms with Crippen LogP contribution in [0.5, 0.6) is 23.0 Å². The second-order valence-electron chi connectivity index (χ2n) is 9.16. The summed E-state index contributed by atoms with van der Waals surface area (Å²) in [4.78, 5) is 32.7. The van der Waals surface area contributed by atoms with Gasteiger partial charge in [0.2, 0.25) is 5.75 Å². The number of hydrogen-bond donors (Lipinski definition) is 0. The third-order valence-electron chi connectivity index (χ3n) is 6.93. The minimum atomic E-state index is -0.826. The zero-order valence-corrected chi connectivity index (χ0v) is 24.5. The summed E-state index contributed by atoms with van der Waals surface area (Å²) in [6.45, 7) is 3.68. The van der Waals surface area contributed by atoms with E-state index in [4.69, 9.17) is 23.7 Å². The van der Waals surface area contributed by atoms with Crippen LogP contribution in [0.15, 0.2) is 69.6 Å². The fourth-order valence-electron chi connectivity index (χ4n) is 5.14. The molecule has 0 spiro atoms. The molecule has 0 saturated carbocycles. The quantitative estimate of drug-likeness (QED) is 0.294. The highest BCUT2D eigenvalue weighted by Crippen LogP contribution is 2.41. The average molecular weight is 575 g/mol. The van der Waals surface area contributed by atoms with Gasteiger partial charge in [-0.1, -0.05) is 41.7 Å². The Hall–Kier alpha value is -4.57. The molecule has 1 aliphatic rings. The summed E-state index contributed by atoms with van der Waals surface area (Å²) in [6, 6.07) is 14.3. The van der Waals surface area contributed by atoms with Gasteiger partial charge in [-0.05, 0) is 54.5 Å². The molecule has 3 aromatic carbocycles. The number of allylic oxidation sites excluding steroid dienone is 1. The maximum Gasteiger partial charge on any atom is 0.338 e. The lowest BCUT2D eigenvalue weighted by molar-refractivity contribution is -0.139. The molecule has 5 rings (SSSR count). The van der Waals surface area contributed by atoms with E-state index in [-0.39, 0.29) is 17.7 Å². The Bertz CT molecular complexity index is 1840. The number of fused-ring (bicyclic) bond motifs is 2. The SMILES string of the molecule is CCOC(=O)C1=C(C)N=c2s/c(=C/c3cc(OC)c(OC)c(OC)c3)c(=O)n2[C@H]1c1c(OC)ccc2ccccc12. The molecule has 10 heteroatoms. The van der Waals surface area contributed by atoms with E-state index in [0.29, 0.717) is 49.2 Å². The summed E-state index contributed by atoms with van der Waals surface area (Å²) in [7, 11) is 6.17. The van der Waals surface area contributed by atoms with E-state index < -0.39 is 12.0 Å². The van der Waals surface area contributed by atoms with Crippen LogP contribution in [0.1, 0.15) is 31.0 Å². The summed E-state index contributed by atoms with van der Waals surface area (Å²) in [5.74, 6) is 1.39.